The molecule has 242 valence electrons. The van der Waals surface area contributed by atoms with E-state index in [1.165, 1.54) is 29.2 Å². The Balaban J connectivity index is 1.87. The van der Waals surface area contributed by atoms with Crippen molar-refractivity contribution in [1.29, 1.82) is 0 Å². The van der Waals surface area contributed by atoms with Crippen molar-refractivity contribution in [2.45, 2.75) is 50.2 Å². The second-order valence-electron chi connectivity index (χ2n) is 10.6. The van der Waals surface area contributed by atoms with Crippen LogP contribution in [-0.4, -0.2) is 43.8 Å². The molecule has 4 aromatic carbocycles. The fraction of sp³-hybridized carbons (Fsp3) is 0.235. The first kappa shape index (κ1) is 35.6. The van der Waals surface area contributed by atoms with Crippen molar-refractivity contribution in [3.63, 3.8) is 0 Å². The molecule has 0 aliphatic heterocycles. The van der Waals surface area contributed by atoms with Crippen LogP contribution in [0.15, 0.2) is 102 Å². The number of hydrogen-bond donors (Lipinski definition) is 1. The Bertz CT molecular complexity index is 1760. The molecule has 12 heteroatoms. The van der Waals surface area contributed by atoms with Gasteiger partial charge < -0.3 is 10.2 Å². The maximum Gasteiger partial charge on any atom is 0.264 e. The quantitative estimate of drug-likeness (QED) is 0.152. The Morgan fingerprint density at radius 2 is 1.35 bits per heavy atom. The molecule has 0 heterocycles. The largest absolute Gasteiger partial charge is 0.352 e. The minimum atomic E-state index is -4.35. The van der Waals surface area contributed by atoms with Gasteiger partial charge in [-0.3, -0.25) is 13.9 Å². The summed E-state index contributed by atoms with van der Waals surface area (Å²) in [4.78, 5) is 29.8. The van der Waals surface area contributed by atoms with Crippen molar-refractivity contribution in [2.24, 2.45) is 0 Å². The van der Waals surface area contributed by atoms with Crippen LogP contribution in [0.1, 0.15) is 31.4 Å². The number of anilines is 1. The lowest BCUT2D eigenvalue weighted by molar-refractivity contribution is -0.140. The SMILES string of the molecule is CC[C@H](C)NC(=O)[C@H](Cc1ccccc1)N(Cc1c(Cl)cccc1Cl)C(=O)CN(c1cccc(Cl)c1Cl)S(=O)(=O)c1ccccc1. The molecule has 1 N–H and O–H groups in total. The molecule has 0 bridgehead atoms. The van der Waals surface area contributed by atoms with E-state index in [0.717, 1.165) is 9.87 Å². The summed E-state index contributed by atoms with van der Waals surface area (Å²) in [6.45, 7) is 2.92. The first-order chi connectivity index (χ1) is 21.9. The van der Waals surface area contributed by atoms with E-state index in [9.17, 15) is 18.0 Å². The molecule has 0 radical (unpaired) electrons. The van der Waals surface area contributed by atoms with E-state index >= 15 is 0 Å². The van der Waals surface area contributed by atoms with Gasteiger partial charge in [0.15, 0.2) is 0 Å². The molecule has 2 atom stereocenters. The van der Waals surface area contributed by atoms with Crippen molar-refractivity contribution in [1.82, 2.24) is 10.2 Å². The third-order valence-electron chi connectivity index (χ3n) is 7.47. The van der Waals surface area contributed by atoms with Gasteiger partial charge in [-0.25, -0.2) is 8.42 Å². The zero-order valence-electron chi connectivity index (χ0n) is 25.2. The Hall–Kier alpha value is -3.27. The monoisotopic (exact) mass is 719 g/mol. The topological polar surface area (TPSA) is 86.8 Å². The van der Waals surface area contributed by atoms with E-state index < -0.39 is 34.4 Å². The van der Waals surface area contributed by atoms with Crippen molar-refractivity contribution in [3.8, 4) is 0 Å². The van der Waals surface area contributed by atoms with Crippen LogP contribution in [0, 0.1) is 0 Å². The predicted molar refractivity (Wildman–Crippen MR) is 186 cm³/mol. The van der Waals surface area contributed by atoms with Crippen LogP contribution in [0.4, 0.5) is 5.69 Å². The second kappa shape index (κ2) is 16.0. The molecule has 0 fully saturated rings. The number of benzene rings is 4. The maximum atomic E-state index is 14.6. The molecule has 0 saturated heterocycles. The molecular weight excluding hydrogens is 688 g/mol. The number of nitrogens with one attached hydrogen (secondary N) is 1. The highest BCUT2D eigenvalue weighted by atomic mass is 35.5. The average Bonchev–Trinajstić information content (AvgIpc) is 3.04. The van der Waals surface area contributed by atoms with E-state index in [2.05, 4.69) is 5.32 Å². The molecule has 46 heavy (non-hydrogen) atoms. The van der Waals surface area contributed by atoms with Crippen molar-refractivity contribution >= 4 is 73.9 Å². The molecule has 0 aliphatic rings. The molecule has 2 amide bonds. The summed E-state index contributed by atoms with van der Waals surface area (Å²) in [5, 5.41) is 3.63. The number of carbonyl (C=O) groups excluding carboxylic acids is 2. The molecule has 0 spiro atoms. The number of halogens is 4. The summed E-state index contributed by atoms with van der Waals surface area (Å²) in [5.41, 5.74) is 1.21. The summed E-state index contributed by atoms with van der Waals surface area (Å²) >= 11 is 26.0. The van der Waals surface area contributed by atoms with Crippen LogP contribution >= 0.6 is 46.4 Å². The Morgan fingerprint density at radius 1 is 0.783 bits per heavy atom. The van der Waals surface area contributed by atoms with E-state index in [1.807, 2.05) is 44.2 Å². The second-order valence-corrected chi connectivity index (χ2v) is 14.1. The third-order valence-corrected chi connectivity index (χ3v) is 10.8. The van der Waals surface area contributed by atoms with E-state index in [1.54, 1.807) is 42.5 Å². The van der Waals surface area contributed by atoms with Gasteiger partial charge in [0, 0.05) is 34.6 Å². The van der Waals surface area contributed by atoms with Crippen molar-refractivity contribution in [3.05, 3.63) is 128 Å². The number of amides is 2. The van der Waals surface area contributed by atoms with Crippen molar-refractivity contribution < 1.29 is 18.0 Å². The smallest absolute Gasteiger partial charge is 0.264 e. The normalized spacial score (nSPS) is 12.7. The lowest BCUT2D eigenvalue weighted by Gasteiger charge is -2.35. The molecule has 4 aromatic rings. The summed E-state index contributed by atoms with van der Waals surface area (Å²) < 4.78 is 29.2. The molecule has 0 aromatic heterocycles. The molecule has 4 rings (SSSR count). The fourth-order valence-electron chi connectivity index (χ4n) is 4.77. The molecule has 0 aliphatic carbocycles. The maximum absolute atomic E-state index is 14.6. The van der Waals surface area contributed by atoms with E-state index in [-0.39, 0.29) is 49.7 Å². The average molecular weight is 722 g/mol. The van der Waals surface area contributed by atoms with Gasteiger partial charge in [0.2, 0.25) is 11.8 Å². The van der Waals surface area contributed by atoms with Gasteiger partial charge in [0.05, 0.1) is 20.6 Å². The van der Waals surface area contributed by atoms with Crippen LogP contribution in [0.5, 0.6) is 0 Å². The lowest BCUT2D eigenvalue weighted by Crippen LogP contribution is -2.54. The van der Waals surface area contributed by atoms with Crippen LogP contribution in [0.25, 0.3) is 0 Å². The zero-order chi connectivity index (χ0) is 33.4. The first-order valence-corrected chi connectivity index (χ1v) is 17.5. The van der Waals surface area contributed by atoms with Gasteiger partial charge in [0.25, 0.3) is 10.0 Å². The number of nitrogens with zero attached hydrogens (tertiary/aromatic N) is 2. The van der Waals surface area contributed by atoms with Gasteiger partial charge >= 0.3 is 0 Å². The number of sulfonamides is 1. The molecular formula is C34H33Cl4N3O4S. The predicted octanol–water partition coefficient (Wildman–Crippen LogP) is 8.05. The number of hydrogen-bond acceptors (Lipinski definition) is 4. The van der Waals surface area contributed by atoms with Gasteiger partial charge in [-0.1, -0.05) is 114 Å². The van der Waals surface area contributed by atoms with Gasteiger partial charge in [0.1, 0.15) is 12.6 Å². The Kier molecular flexibility index (Phi) is 12.4. The molecule has 7 nitrogen and oxygen atoms in total. The zero-order valence-corrected chi connectivity index (χ0v) is 29.0. The van der Waals surface area contributed by atoms with Crippen LogP contribution < -0.4 is 9.62 Å². The molecule has 0 saturated carbocycles. The minimum absolute atomic E-state index is 0.00533. The lowest BCUT2D eigenvalue weighted by atomic mass is 10.0. The van der Waals surface area contributed by atoms with Crippen LogP contribution in [0.2, 0.25) is 20.1 Å². The van der Waals surface area contributed by atoms with Crippen LogP contribution in [0.3, 0.4) is 0 Å². The summed E-state index contributed by atoms with van der Waals surface area (Å²) in [7, 11) is -4.35. The van der Waals surface area contributed by atoms with Gasteiger partial charge in [-0.15, -0.1) is 0 Å². The van der Waals surface area contributed by atoms with Gasteiger partial charge in [-0.05, 0) is 55.3 Å². The standard InChI is InChI=1S/C34H33Cl4N3O4S/c1-3-23(2)39-34(43)31(20-24-12-6-4-7-13-24)40(21-26-27(35)16-10-17-28(26)36)32(42)22-41(30-19-11-18-29(37)33(30)38)46(44,45)25-14-8-5-9-15-25/h4-19,23,31H,3,20-22H2,1-2H3,(H,39,43)/t23-,31-/m0/s1. The van der Waals surface area contributed by atoms with E-state index in [4.69, 9.17) is 46.4 Å². The summed E-state index contributed by atoms with van der Waals surface area (Å²) in [6, 6.07) is 25.1. The molecule has 0 unspecified atom stereocenters. The minimum Gasteiger partial charge on any atom is -0.352 e. The Labute approximate surface area is 290 Å². The number of rotatable bonds is 13. The highest BCUT2D eigenvalue weighted by Crippen LogP contribution is 2.36. The highest BCUT2D eigenvalue weighted by Gasteiger charge is 2.36. The third kappa shape index (κ3) is 8.55. The summed E-state index contributed by atoms with van der Waals surface area (Å²) in [5.74, 6) is -1.10. The number of carbonyl (C=O) groups is 2. The van der Waals surface area contributed by atoms with Crippen molar-refractivity contribution in [2.75, 3.05) is 10.8 Å². The highest BCUT2D eigenvalue weighted by molar-refractivity contribution is 7.92. The first-order valence-electron chi connectivity index (χ1n) is 14.5. The van der Waals surface area contributed by atoms with Crippen LogP contribution in [-0.2, 0) is 32.6 Å². The van der Waals surface area contributed by atoms with E-state index in [0.29, 0.717) is 12.0 Å². The van der Waals surface area contributed by atoms with Gasteiger partial charge in [-0.2, -0.15) is 0 Å². The summed E-state index contributed by atoms with van der Waals surface area (Å²) in [6.07, 6.45) is 0.796. The Morgan fingerprint density at radius 3 is 1.96 bits per heavy atom. The fourth-order valence-corrected chi connectivity index (χ4v) is 7.18.